The summed E-state index contributed by atoms with van der Waals surface area (Å²) in [4.78, 5) is 35.1. The SMILES string of the molecule is CC[C@@H](C)[C@@H](NC(=O)COC(=O)/C=C/c1ccc(Br)o1)C(=O)OC. The van der Waals surface area contributed by atoms with Gasteiger partial charge in [-0.05, 0) is 40.1 Å². The summed E-state index contributed by atoms with van der Waals surface area (Å²) < 4.78 is 15.2. The number of carbonyl (C=O) groups excluding carboxylic acids is 3. The highest BCUT2D eigenvalue weighted by molar-refractivity contribution is 9.10. The van der Waals surface area contributed by atoms with Crippen LogP contribution >= 0.6 is 15.9 Å². The van der Waals surface area contributed by atoms with E-state index in [2.05, 4.69) is 26.0 Å². The minimum atomic E-state index is -0.776. The van der Waals surface area contributed by atoms with Crippen molar-refractivity contribution in [2.45, 2.75) is 26.3 Å². The Morgan fingerprint density at radius 1 is 1.38 bits per heavy atom. The van der Waals surface area contributed by atoms with E-state index in [-0.39, 0.29) is 5.92 Å². The van der Waals surface area contributed by atoms with E-state index in [1.54, 1.807) is 12.1 Å². The maximum atomic E-state index is 11.8. The number of hydrogen-bond acceptors (Lipinski definition) is 6. The number of rotatable bonds is 8. The van der Waals surface area contributed by atoms with Gasteiger partial charge in [-0.25, -0.2) is 9.59 Å². The van der Waals surface area contributed by atoms with Crippen LogP contribution in [0.15, 0.2) is 27.3 Å². The van der Waals surface area contributed by atoms with Crippen LogP contribution in [-0.2, 0) is 23.9 Å². The molecule has 0 saturated carbocycles. The molecule has 0 fully saturated rings. The van der Waals surface area contributed by atoms with E-state index in [1.807, 2.05) is 13.8 Å². The number of halogens is 1. The van der Waals surface area contributed by atoms with Crippen molar-refractivity contribution < 1.29 is 28.3 Å². The van der Waals surface area contributed by atoms with Crippen LogP contribution in [0.25, 0.3) is 6.08 Å². The molecule has 8 heteroatoms. The van der Waals surface area contributed by atoms with Crippen molar-refractivity contribution >= 4 is 39.9 Å². The van der Waals surface area contributed by atoms with Crippen molar-refractivity contribution in [3.63, 3.8) is 0 Å². The Hall–Kier alpha value is -2.09. The van der Waals surface area contributed by atoms with Gasteiger partial charge in [0.25, 0.3) is 5.91 Å². The van der Waals surface area contributed by atoms with Crippen LogP contribution < -0.4 is 5.32 Å². The van der Waals surface area contributed by atoms with Gasteiger partial charge in [-0.15, -0.1) is 0 Å². The van der Waals surface area contributed by atoms with Crippen molar-refractivity contribution in [2.24, 2.45) is 5.92 Å². The standard InChI is InChI=1S/C16H20BrNO6/c1-4-10(2)15(16(21)22-3)18-13(19)9-23-14(20)8-6-11-5-7-12(17)24-11/h5-8,10,15H,4,9H2,1-3H3,(H,18,19)/b8-6+/t10-,15-/m1/s1. The number of esters is 2. The fourth-order valence-corrected chi connectivity index (χ4v) is 2.08. The van der Waals surface area contributed by atoms with Gasteiger partial charge in [-0.1, -0.05) is 20.3 Å². The van der Waals surface area contributed by atoms with E-state index in [0.717, 1.165) is 6.08 Å². The maximum Gasteiger partial charge on any atom is 0.331 e. The number of amides is 1. The fourth-order valence-electron chi connectivity index (χ4n) is 1.76. The Morgan fingerprint density at radius 3 is 2.62 bits per heavy atom. The lowest BCUT2D eigenvalue weighted by Gasteiger charge is -2.21. The van der Waals surface area contributed by atoms with Crippen LogP contribution in [0.1, 0.15) is 26.0 Å². The first-order valence-electron chi connectivity index (χ1n) is 7.34. The second-order valence-corrected chi connectivity index (χ2v) is 5.82. The van der Waals surface area contributed by atoms with E-state index in [0.29, 0.717) is 16.9 Å². The van der Waals surface area contributed by atoms with E-state index in [9.17, 15) is 14.4 Å². The Kier molecular flexibility index (Phi) is 8.25. The van der Waals surface area contributed by atoms with Crippen molar-refractivity contribution in [1.82, 2.24) is 5.32 Å². The molecular formula is C16H20BrNO6. The van der Waals surface area contributed by atoms with Crippen molar-refractivity contribution in [2.75, 3.05) is 13.7 Å². The summed E-state index contributed by atoms with van der Waals surface area (Å²) in [5.74, 6) is -1.45. The van der Waals surface area contributed by atoms with Crippen molar-refractivity contribution in [3.05, 3.63) is 28.6 Å². The van der Waals surface area contributed by atoms with Crippen LogP contribution in [0.4, 0.5) is 0 Å². The zero-order valence-electron chi connectivity index (χ0n) is 13.7. The highest BCUT2D eigenvalue weighted by Gasteiger charge is 2.26. The number of ether oxygens (including phenoxy) is 2. The summed E-state index contributed by atoms with van der Waals surface area (Å²) >= 11 is 3.14. The van der Waals surface area contributed by atoms with Crippen LogP contribution in [0.2, 0.25) is 0 Å². The maximum absolute atomic E-state index is 11.8. The molecule has 0 saturated heterocycles. The predicted octanol–water partition coefficient (Wildman–Crippen LogP) is 2.30. The van der Waals surface area contributed by atoms with Gasteiger partial charge >= 0.3 is 11.9 Å². The second-order valence-electron chi connectivity index (χ2n) is 5.04. The van der Waals surface area contributed by atoms with Crippen molar-refractivity contribution in [3.8, 4) is 0 Å². The highest BCUT2D eigenvalue weighted by atomic mass is 79.9. The summed E-state index contributed by atoms with van der Waals surface area (Å²) in [6, 6.07) is 2.57. The first-order chi connectivity index (χ1) is 11.4. The van der Waals surface area contributed by atoms with Gasteiger partial charge in [0.1, 0.15) is 11.8 Å². The molecule has 2 atom stereocenters. The Bertz CT molecular complexity index is 609. The third-order valence-corrected chi connectivity index (χ3v) is 3.73. The van der Waals surface area contributed by atoms with Gasteiger partial charge < -0.3 is 19.2 Å². The van der Waals surface area contributed by atoms with Gasteiger partial charge in [0.15, 0.2) is 11.3 Å². The molecule has 0 radical (unpaired) electrons. The van der Waals surface area contributed by atoms with E-state index in [4.69, 9.17) is 9.15 Å². The van der Waals surface area contributed by atoms with Crippen molar-refractivity contribution in [1.29, 1.82) is 0 Å². The van der Waals surface area contributed by atoms with E-state index >= 15 is 0 Å². The molecular weight excluding hydrogens is 382 g/mol. The molecule has 1 N–H and O–H groups in total. The Labute approximate surface area is 148 Å². The molecule has 7 nitrogen and oxygen atoms in total. The largest absolute Gasteiger partial charge is 0.467 e. The quantitative estimate of drug-likeness (QED) is 0.530. The summed E-state index contributed by atoms with van der Waals surface area (Å²) in [7, 11) is 1.25. The third-order valence-electron chi connectivity index (χ3n) is 3.31. The molecule has 0 aliphatic heterocycles. The molecule has 0 bridgehead atoms. The molecule has 132 valence electrons. The molecule has 24 heavy (non-hydrogen) atoms. The van der Waals surface area contributed by atoms with Gasteiger partial charge in [0.05, 0.1) is 7.11 Å². The lowest BCUT2D eigenvalue weighted by Crippen LogP contribution is -2.47. The van der Waals surface area contributed by atoms with E-state index in [1.165, 1.54) is 13.2 Å². The predicted molar refractivity (Wildman–Crippen MR) is 89.8 cm³/mol. The molecule has 0 unspecified atom stereocenters. The normalized spacial score (nSPS) is 13.3. The lowest BCUT2D eigenvalue weighted by molar-refractivity contribution is -0.148. The zero-order chi connectivity index (χ0) is 18.1. The number of furan rings is 1. The van der Waals surface area contributed by atoms with Crippen LogP contribution in [0, 0.1) is 5.92 Å². The Balaban J connectivity index is 2.47. The monoisotopic (exact) mass is 401 g/mol. The molecule has 0 aromatic carbocycles. The fraction of sp³-hybridized carbons (Fsp3) is 0.438. The lowest BCUT2D eigenvalue weighted by atomic mass is 9.99. The van der Waals surface area contributed by atoms with Crippen LogP contribution in [-0.4, -0.2) is 37.6 Å². The zero-order valence-corrected chi connectivity index (χ0v) is 15.3. The summed E-state index contributed by atoms with van der Waals surface area (Å²) in [6.07, 6.45) is 3.24. The molecule has 1 aromatic rings. The first-order valence-corrected chi connectivity index (χ1v) is 8.14. The molecule has 1 amide bonds. The minimum Gasteiger partial charge on any atom is -0.467 e. The summed E-state index contributed by atoms with van der Waals surface area (Å²) in [6.45, 7) is 3.22. The number of hydrogen-bond donors (Lipinski definition) is 1. The van der Waals surface area contributed by atoms with Crippen LogP contribution in [0.3, 0.4) is 0 Å². The smallest absolute Gasteiger partial charge is 0.331 e. The van der Waals surface area contributed by atoms with Gasteiger partial charge in [-0.2, -0.15) is 0 Å². The second kappa shape index (κ2) is 9.92. The highest BCUT2D eigenvalue weighted by Crippen LogP contribution is 2.15. The first kappa shape index (κ1) is 20.0. The summed E-state index contributed by atoms with van der Waals surface area (Å²) in [5, 5.41) is 2.51. The molecule has 1 rings (SSSR count). The van der Waals surface area contributed by atoms with Crippen LogP contribution in [0.5, 0.6) is 0 Å². The molecule has 1 heterocycles. The minimum absolute atomic E-state index is 0.102. The molecule has 0 aliphatic carbocycles. The third kappa shape index (κ3) is 6.57. The summed E-state index contributed by atoms with van der Waals surface area (Å²) in [5.41, 5.74) is 0. The number of methoxy groups -OCH3 is 1. The van der Waals surface area contributed by atoms with Gasteiger partial charge in [-0.3, -0.25) is 4.79 Å². The average Bonchev–Trinajstić information content (AvgIpc) is 2.99. The Morgan fingerprint density at radius 2 is 2.08 bits per heavy atom. The molecule has 1 aromatic heterocycles. The van der Waals surface area contributed by atoms with Gasteiger partial charge in [0.2, 0.25) is 0 Å². The van der Waals surface area contributed by atoms with Gasteiger partial charge in [0, 0.05) is 6.08 Å². The molecule has 0 spiro atoms. The molecule has 0 aliphatic rings. The van der Waals surface area contributed by atoms with E-state index < -0.39 is 30.5 Å². The average molecular weight is 402 g/mol. The topological polar surface area (TPSA) is 94.8 Å². The number of carbonyl (C=O) groups is 3. The number of nitrogens with one attached hydrogen (secondary N) is 1.